The Balaban J connectivity index is 1.96. The van der Waals surface area contributed by atoms with Gasteiger partial charge in [-0.25, -0.2) is 8.42 Å². The van der Waals surface area contributed by atoms with Gasteiger partial charge in [-0.05, 0) is 42.0 Å². The number of rotatable bonds is 3. The minimum Gasteiger partial charge on any atom is -0.308 e. The predicted molar refractivity (Wildman–Crippen MR) is 99.6 cm³/mol. The van der Waals surface area contributed by atoms with Crippen LogP contribution in [0.2, 0.25) is 0 Å². The number of hydrogen-bond donors (Lipinski definition) is 0. The molecule has 0 N–H and O–H groups in total. The maximum Gasteiger partial charge on any atom is 0.175 e. The Morgan fingerprint density at radius 1 is 0.920 bits per heavy atom. The number of para-hydroxylation sites is 1. The van der Waals surface area contributed by atoms with Crippen molar-refractivity contribution in [3.05, 3.63) is 79.1 Å². The normalized spacial score (nSPS) is 11.7. The summed E-state index contributed by atoms with van der Waals surface area (Å²) in [7, 11) is -3.21. The van der Waals surface area contributed by atoms with Crippen LogP contribution in [0.25, 0.3) is 27.8 Å². The van der Waals surface area contributed by atoms with E-state index in [2.05, 4.69) is 27.8 Å². The summed E-state index contributed by atoms with van der Waals surface area (Å²) in [5.74, 6) is 0. The van der Waals surface area contributed by atoms with Crippen molar-refractivity contribution in [1.82, 2.24) is 9.55 Å². The third-order valence-electron chi connectivity index (χ3n) is 4.19. The highest BCUT2D eigenvalue weighted by molar-refractivity contribution is 7.90. The minimum atomic E-state index is -3.21. The van der Waals surface area contributed by atoms with Crippen LogP contribution in [-0.4, -0.2) is 24.2 Å². The molecule has 0 bridgehead atoms. The van der Waals surface area contributed by atoms with Gasteiger partial charge in [-0.15, -0.1) is 0 Å². The molecule has 25 heavy (non-hydrogen) atoms. The van der Waals surface area contributed by atoms with Gasteiger partial charge in [-0.1, -0.05) is 30.3 Å². The largest absolute Gasteiger partial charge is 0.308 e. The fourth-order valence-corrected chi connectivity index (χ4v) is 3.63. The summed E-state index contributed by atoms with van der Waals surface area (Å²) >= 11 is 0. The molecule has 0 radical (unpaired) electrons. The van der Waals surface area contributed by atoms with Crippen LogP contribution in [0, 0.1) is 0 Å². The van der Waals surface area contributed by atoms with Crippen LogP contribution >= 0.6 is 0 Å². The van der Waals surface area contributed by atoms with Crippen molar-refractivity contribution in [1.29, 1.82) is 0 Å². The van der Waals surface area contributed by atoms with Gasteiger partial charge in [0.1, 0.15) is 0 Å². The lowest BCUT2D eigenvalue weighted by Crippen LogP contribution is -1.99. The van der Waals surface area contributed by atoms with Crippen molar-refractivity contribution < 1.29 is 8.42 Å². The van der Waals surface area contributed by atoms with Crippen molar-refractivity contribution in [2.45, 2.75) is 4.90 Å². The monoisotopic (exact) mass is 348 g/mol. The van der Waals surface area contributed by atoms with Crippen LogP contribution in [0.1, 0.15) is 0 Å². The standard InChI is InChI=1S/C20H16N2O2S/c1-25(23,24)18-10-8-15(9-11-18)20-13-16-5-2-3-7-19(16)22(20)17-6-4-12-21-14-17/h2-14H,1H3. The lowest BCUT2D eigenvalue weighted by atomic mass is 10.1. The molecule has 0 saturated heterocycles. The summed E-state index contributed by atoms with van der Waals surface area (Å²) in [6.07, 6.45) is 4.78. The number of fused-ring (bicyclic) bond motifs is 1. The molecule has 2 aromatic carbocycles. The lowest BCUT2D eigenvalue weighted by Gasteiger charge is -2.11. The zero-order valence-electron chi connectivity index (χ0n) is 13.6. The van der Waals surface area contributed by atoms with Gasteiger partial charge >= 0.3 is 0 Å². The van der Waals surface area contributed by atoms with Gasteiger partial charge in [0, 0.05) is 17.8 Å². The topological polar surface area (TPSA) is 52.0 Å². The van der Waals surface area contributed by atoms with Crippen molar-refractivity contribution in [2.75, 3.05) is 6.26 Å². The molecule has 0 amide bonds. The first kappa shape index (κ1) is 15.6. The van der Waals surface area contributed by atoms with E-state index in [1.807, 2.05) is 42.6 Å². The molecule has 124 valence electrons. The molecule has 0 aliphatic carbocycles. The second-order valence-electron chi connectivity index (χ2n) is 5.93. The lowest BCUT2D eigenvalue weighted by molar-refractivity contribution is 0.602. The Morgan fingerprint density at radius 3 is 2.36 bits per heavy atom. The van der Waals surface area contributed by atoms with Gasteiger partial charge < -0.3 is 4.57 Å². The highest BCUT2D eigenvalue weighted by Gasteiger charge is 2.13. The first-order chi connectivity index (χ1) is 12.0. The number of benzene rings is 2. The summed E-state index contributed by atoms with van der Waals surface area (Å²) in [5, 5.41) is 1.12. The Labute approximate surface area is 146 Å². The molecular weight excluding hydrogens is 332 g/mol. The molecule has 0 aliphatic heterocycles. The molecule has 0 unspecified atom stereocenters. The van der Waals surface area contributed by atoms with Gasteiger partial charge in [0.2, 0.25) is 0 Å². The second-order valence-corrected chi connectivity index (χ2v) is 7.95. The van der Waals surface area contributed by atoms with E-state index < -0.39 is 9.84 Å². The fraction of sp³-hybridized carbons (Fsp3) is 0.0500. The molecule has 0 aliphatic rings. The third-order valence-corrected chi connectivity index (χ3v) is 5.32. The number of sulfone groups is 1. The van der Waals surface area contributed by atoms with E-state index in [0.717, 1.165) is 27.8 Å². The SMILES string of the molecule is CS(=O)(=O)c1ccc(-c2cc3ccccc3n2-c2cccnc2)cc1. The summed E-state index contributed by atoms with van der Waals surface area (Å²) in [6, 6.07) is 21.2. The zero-order chi connectivity index (χ0) is 17.4. The average molecular weight is 348 g/mol. The predicted octanol–water partition coefficient (Wildman–Crippen LogP) is 4.10. The summed E-state index contributed by atoms with van der Waals surface area (Å²) in [5.41, 5.74) is 3.99. The first-order valence-corrected chi connectivity index (χ1v) is 9.74. The first-order valence-electron chi connectivity index (χ1n) is 7.85. The average Bonchev–Trinajstić information content (AvgIpc) is 3.01. The third kappa shape index (κ3) is 2.83. The molecule has 0 fully saturated rings. The van der Waals surface area contributed by atoms with E-state index in [-0.39, 0.29) is 0 Å². The van der Waals surface area contributed by atoms with E-state index in [1.165, 1.54) is 6.26 Å². The van der Waals surface area contributed by atoms with Gasteiger partial charge in [0.25, 0.3) is 0 Å². The van der Waals surface area contributed by atoms with Gasteiger partial charge in [0.15, 0.2) is 9.84 Å². The van der Waals surface area contributed by atoms with E-state index in [1.54, 1.807) is 18.3 Å². The maximum absolute atomic E-state index is 11.7. The molecule has 0 saturated carbocycles. The molecule has 2 heterocycles. The quantitative estimate of drug-likeness (QED) is 0.560. The smallest absolute Gasteiger partial charge is 0.175 e. The van der Waals surface area contributed by atoms with Crippen LogP contribution in [0.15, 0.2) is 84.0 Å². The maximum atomic E-state index is 11.7. The van der Waals surface area contributed by atoms with Crippen molar-refractivity contribution in [3.63, 3.8) is 0 Å². The molecular formula is C20H16N2O2S. The van der Waals surface area contributed by atoms with Gasteiger partial charge in [0.05, 0.1) is 28.0 Å². The van der Waals surface area contributed by atoms with E-state index in [4.69, 9.17) is 0 Å². The number of aromatic nitrogens is 2. The molecule has 5 heteroatoms. The second kappa shape index (κ2) is 5.86. The molecule has 0 atom stereocenters. The number of pyridine rings is 1. The molecule has 4 rings (SSSR count). The fourth-order valence-electron chi connectivity index (χ4n) is 3.00. The molecule has 4 nitrogen and oxygen atoms in total. The number of hydrogen-bond acceptors (Lipinski definition) is 3. The van der Waals surface area contributed by atoms with Crippen molar-refractivity contribution >= 4 is 20.7 Å². The summed E-state index contributed by atoms with van der Waals surface area (Å²) < 4.78 is 25.5. The van der Waals surface area contributed by atoms with Crippen LogP contribution in [-0.2, 0) is 9.84 Å². The summed E-state index contributed by atoms with van der Waals surface area (Å²) in [6.45, 7) is 0. The highest BCUT2D eigenvalue weighted by Crippen LogP contribution is 2.31. The van der Waals surface area contributed by atoms with Gasteiger partial charge in [-0.2, -0.15) is 0 Å². The van der Waals surface area contributed by atoms with Crippen LogP contribution in [0.4, 0.5) is 0 Å². The highest BCUT2D eigenvalue weighted by atomic mass is 32.2. The van der Waals surface area contributed by atoms with E-state index >= 15 is 0 Å². The summed E-state index contributed by atoms with van der Waals surface area (Å²) in [4.78, 5) is 4.55. The van der Waals surface area contributed by atoms with E-state index in [0.29, 0.717) is 4.90 Å². The molecule has 2 aromatic heterocycles. The minimum absolute atomic E-state index is 0.320. The van der Waals surface area contributed by atoms with Gasteiger partial charge in [-0.3, -0.25) is 4.98 Å². The molecule has 4 aromatic rings. The zero-order valence-corrected chi connectivity index (χ0v) is 14.4. The Morgan fingerprint density at radius 2 is 1.68 bits per heavy atom. The Kier molecular flexibility index (Phi) is 3.66. The molecule has 0 spiro atoms. The van der Waals surface area contributed by atoms with Crippen LogP contribution in [0.3, 0.4) is 0 Å². The number of nitrogens with zero attached hydrogens (tertiary/aromatic N) is 2. The van der Waals surface area contributed by atoms with Crippen LogP contribution < -0.4 is 0 Å². The van der Waals surface area contributed by atoms with Crippen molar-refractivity contribution in [3.8, 4) is 16.9 Å². The van der Waals surface area contributed by atoms with E-state index in [9.17, 15) is 8.42 Å². The van der Waals surface area contributed by atoms with Crippen LogP contribution in [0.5, 0.6) is 0 Å². The van der Waals surface area contributed by atoms with Crippen molar-refractivity contribution in [2.24, 2.45) is 0 Å². The Bertz CT molecular complexity index is 1150. The Hall–Kier alpha value is -2.92.